The van der Waals surface area contributed by atoms with Crippen LogP contribution in [0.3, 0.4) is 0 Å². The lowest BCUT2D eigenvalue weighted by atomic mass is 10.3. The van der Waals surface area contributed by atoms with Crippen molar-refractivity contribution in [2.45, 2.75) is 13.1 Å². The highest BCUT2D eigenvalue weighted by Crippen LogP contribution is 2.10. The van der Waals surface area contributed by atoms with Gasteiger partial charge in [-0.25, -0.2) is 4.39 Å². The summed E-state index contributed by atoms with van der Waals surface area (Å²) in [6, 6.07) is 7.52. The Bertz CT molecular complexity index is 404. The van der Waals surface area contributed by atoms with Crippen LogP contribution < -0.4 is 10.5 Å². The molecule has 86 valence electrons. The van der Waals surface area contributed by atoms with Crippen molar-refractivity contribution in [3.8, 4) is 0 Å². The molecule has 0 spiro atoms. The molecular formula is C12H16FNOSi. The number of halogens is 1. The van der Waals surface area contributed by atoms with Crippen molar-refractivity contribution < 1.29 is 9.18 Å². The van der Waals surface area contributed by atoms with Gasteiger partial charge in [0, 0.05) is 5.69 Å². The van der Waals surface area contributed by atoms with Crippen LogP contribution in [0.2, 0.25) is 13.1 Å². The van der Waals surface area contributed by atoms with E-state index in [2.05, 4.69) is 25.0 Å². The number of carbonyl (C=O) groups excluding carboxylic acids is 1. The number of amides is 1. The van der Waals surface area contributed by atoms with Gasteiger partial charge in [0.05, 0.1) is 0 Å². The van der Waals surface area contributed by atoms with Crippen molar-refractivity contribution >= 4 is 24.9 Å². The van der Waals surface area contributed by atoms with Gasteiger partial charge in [-0.2, -0.15) is 0 Å². The SMILES string of the molecule is C=C[Si](C)(C)c1cccc(NC(=O)CF)c1. The fourth-order valence-electron chi connectivity index (χ4n) is 1.31. The zero-order valence-electron chi connectivity index (χ0n) is 9.59. The average Bonchev–Trinajstić information content (AvgIpc) is 2.29. The molecule has 0 aliphatic carbocycles. The number of carbonyl (C=O) groups is 1. The molecule has 1 rings (SSSR count). The van der Waals surface area contributed by atoms with Crippen LogP contribution in [0.5, 0.6) is 0 Å². The molecule has 0 saturated heterocycles. The van der Waals surface area contributed by atoms with Crippen molar-refractivity contribution in [1.82, 2.24) is 0 Å². The van der Waals surface area contributed by atoms with Gasteiger partial charge in [0.1, 0.15) is 8.07 Å². The third-order valence-corrected chi connectivity index (χ3v) is 5.34. The zero-order valence-corrected chi connectivity index (χ0v) is 10.6. The van der Waals surface area contributed by atoms with Crippen LogP contribution in [-0.2, 0) is 4.79 Å². The Hall–Kier alpha value is -1.42. The minimum Gasteiger partial charge on any atom is -0.324 e. The summed E-state index contributed by atoms with van der Waals surface area (Å²) in [6.07, 6.45) is 0. The molecule has 0 unspecified atom stereocenters. The molecule has 0 fully saturated rings. The minimum absolute atomic E-state index is 0.616. The molecule has 1 N–H and O–H groups in total. The largest absolute Gasteiger partial charge is 0.324 e. The third kappa shape index (κ3) is 3.03. The molecule has 1 aromatic rings. The molecule has 2 nitrogen and oxygen atoms in total. The Morgan fingerprint density at radius 3 is 2.81 bits per heavy atom. The molecule has 16 heavy (non-hydrogen) atoms. The lowest BCUT2D eigenvalue weighted by Gasteiger charge is -2.18. The van der Waals surface area contributed by atoms with Gasteiger partial charge >= 0.3 is 0 Å². The van der Waals surface area contributed by atoms with E-state index >= 15 is 0 Å². The molecule has 0 saturated carbocycles. The second-order valence-corrected chi connectivity index (χ2v) is 8.62. The Kier molecular flexibility index (Phi) is 4.01. The Morgan fingerprint density at radius 2 is 2.25 bits per heavy atom. The van der Waals surface area contributed by atoms with E-state index in [-0.39, 0.29) is 0 Å². The van der Waals surface area contributed by atoms with Crippen LogP contribution in [0.4, 0.5) is 10.1 Å². The quantitative estimate of drug-likeness (QED) is 0.799. The summed E-state index contributed by atoms with van der Waals surface area (Å²) in [5.74, 6) is -0.616. The van der Waals surface area contributed by atoms with Crippen LogP contribution in [0.25, 0.3) is 0 Å². The topological polar surface area (TPSA) is 29.1 Å². The summed E-state index contributed by atoms with van der Waals surface area (Å²) in [4.78, 5) is 10.9. The maximum absolute atomic E-state index is 12.1. The van der Waals surface area contributed by atoms with Gasteiger partial charge in [-0.15, -0.1) is 6.58 Å². The number of nitrogens with one attached hydrogen (secondary N) is 1. The van der Waals surface area contributed by atoms with Crippen molar-refractivity contribution in [2.75, 3.05) is 12.0 Å². The van der Waals surface area contributed by atoms with Crippen LogP contribution in [0.15, 0.2) is 36.5 Å². The maximum Gasteiger partial charge on any atom is 0.255 e. The van der Waals surface area contributed by atoms with E-state index in [0.29, 0.717) is 5.69 Å². The van der Waals surface area contributed by atoms with Crippen molar-refractivity contribution in [2.24, 2.45) is 0 Å². The Morgan fingerprint density at radius 1 is 1.56 bits per heavy atom. The lowest BCUT2D eigenvalue weighted by Crippen LogP contribution is -2.39. The zero-order chi connectivity index (χ0) is 12.2. The number of rotatable bonds is 4. The highest BCUT2D eigenvalue weighted by Gasteiger charge is 2.19. The summed E-state index contributed by atoms with van der Waals surface area (Å²) in [7, 11) is -1.63. The summed E-state index contributed by atoms with van der Waals surface area (Å²) in [6.45, 7) is 7.16. The molecule has 4 heteroatoms. The molecule has 0 bridgehead atoms. The van der Waals surface area contributed by atoms with Crippen molar-refractivity contribution in [1.29, 1.82) is 0 Å². The van der Waals surface area contributed by atoms with Gasteiger partial charge in [-0.3, -0.25) is 4.79 Å². The molecule has 0 heterocycles. The molecule has 0 aliphatic rings. The third-order valence-electron chi connectivity index (χ3n) is 2.52. The Balaban J connectivity index is 2.95. The Labute approximate surface area is 96.2 Å². The molecule has 0 atom stereocenters. The van der Waals surface area contributed by atoms with E-state index in [1.807, 2.05) is 23.9 Å². The standard InChI is InChI=1S/C12H16FNOSi/c1-4-16(2,3)11-7-5-6-10(8-11)14-12(15)9-13/h4-8H,1,9H2,2-3H3,(H,14,15). The average molecular weight is 237 g/mol. The van der Waals surface area contributed by atoms with Gasteiger partial charge in [0.2, 0.25) is 0 Å². The summed E-state index contributed by atoms with van der Waals surface area (Å²) < 4.78 is 12.1. The molecule has 0 aromatic heterocycles. The van der Waals surface area contributed by atoms with E-state index in [4.69, 9.17) is 0 Å². The van der Waals surface area contributed by atoms with E-state index in [1.54, 1.807) is 6.07 Å². The fourth-order valence-corrected chi connectivity index (χ4v) is 2.60. The summed E-state index contributed by atoms with van der Waals surface area (Å²) in [5, 5.41) is 3.67. The number of benzene rings is 1. The minimum atomic E-state index is -1.63. The monoisotopic (exact) mass is 237 g/mol. The maximum atomic E-state index is 12.1. The van der Waals surface area contributed by atoms with Gasteiger partial charge in [-0.05, 0) is 12.1 Å². The van der Waals surface area contributed by atoms with Crippen LogP contribution in [-0.4, -0.2) is 20.7 Å². The van der Waals surface area contributed by atoms with Crippen LogP contribution in [0.1, 0.15) is 0 Å². The fraction of sp³-hybridized carbons (Fsp3) is 0.250. The van der Waals surface area contributed by atoms with E-state index in [9.17, 15) is 9.18 Å². The van der Waals surface area contributed by atoms with Crippen LogP contribution >= 0.6 is 0 Å². The molecule has 1 amide bonds. The first-order chi connectivity index (χ1) is 7.49. The van der Waals surface area contributed by atoms with Crippen molar-refractivity contribution in [3.63, 3.8) is 0 Å². The van der Waals surface area contributed by atoms with Crippen LogP contribution in [0, 0.1) is 0 Å². The van der Waals surface area contributed by atoms with Gasteiger partial charge in [0.25, 0.3) is 5.91 Å². The number of hydrogen-bond acceptors (Lipinski definition) is 1. The van der Waals surface area contributed by atoms with Gasteiger partial charge in [0.15, 0.2) is 6.67 Å². The van der Waals surface area contributed by atoms with E-state index < -0.39 is 20.7 Å². The normalized spacial score (nSPS) is 10.9. The first-order valence-corrected chi connectivity index (χ1v) is 8.17. The second kappa shape index (κ2) is 5.07. The predicted molar refractivity (Wildman–Crippen MR) is 68.4 cm³/mol. The first kappa shape index (κ1) is 12.6. The van der Waals surface area contributed by atoms with Gasteiger partial charge < -0.3 is 5.32 Å². The van der Waals surface area contributed by atoms with E-state index in [0.717, 1.165) is 0 Å². The van der Waals surface area contributed by atoms with Crippen molar-refractivity contribution in [3.05, 3.63) is 36.5 Å². The smallest absolute Gasteiger partial charge is 0.255 e. The van der Waals surface area contributed by atoms with E-state index in [1.165, 1.54) is 5.19 Å². The highest BCUT2D eigenvalue weighted by atomic mass is 28.3. The summed E-state index contributed by atoms with van der Waals surface area (Å²) >= 11 is 0. The van der Waals surface area contributed by atoms with Gasteiger partial charge in [-0.1, -0.05) is 36.1 Å². The molecule has 0 radical (unpaired) electrons. The number of anilines is 1. The number of alkyl halides is 1. The second-order valence-electron chi connectivity index (χ2n) is 4.19. The first-order valence-electron chi connectivity index (χ1n) is 5.09. The molecule has 0 aliphatic heterocycles. The molecular weight excluding hydrogens is 221 g/mol. The lowest BCUT2D eigenvalue weighted by molar-refractivity contribution is -0.117. The highest BCUT2D eigenvalue weighted by molar-refractivity contribution is 6.93. The number of hydrogen-bond donors (Lipinski definition) is 1. The molecule has 1 aromatic carbocycles. The summed E-state index contributed by atoms with van der Waals surface area (Å²) in [5.41, 5.74) is 2.62. The predicted octanol–water partition coefficient (Wildman–Crippen LogP) is 2.24.